The second kappa shape index (κ2) is 7.09. The van der Waals surface area contributed by atoms with E-state index in [9.17, 15) is 0 Å². The van der Waals surface area contributed by atoms with E-state index in [1.165, 1.54) is 37.2 Å². The number of piperidine rings is 1. The summed E-state index contributed by atoms with van der Waals surface area (Å²) in [5.41, 5.74) is 2.70. The van der Waals surface area contributed by atoms with E-state index in [0.717, 1.165) is 6.54 Å². The van der Waals surface area contributed by atoms with Crippen LogP contribution in [0.4, 0.5) is 5.69 Å². The van der Waals surface area contributed by atoms with Crippen LogP contribution in [-0.2, 0) is 0 Å². The van der Waals surface area contributed by atoms with Crippen molar-refractivity contribution in [3.8, 4) is 0 Å². The number of nitrogens with zero attached hydrogens (tertiary/aromatic N) is 2. The summed E-state index contributed by atoms with van der Waals surface area (Å²) in [5.74, 6) is 0. The number of benzene rings is 1. The Balaban J connectivity index is 2.01. The van der Waals surface area contributed by atoms with Crippen molar-refractivity contribution in [1.29, 1.82) is 0 Å². The van der Waals surface area contributed by atoms with Crippen molar-refractivity contribution < 1.29 is 0 Å². The van der Waals surface area contributed by atoms with Crippen LogP contribution in [0.3, 0.4) is 0 Å². The maximum absolute atomic E-state index is 3.46. The van der Waals surface area contributed by atoms with Crippen LogP contribution in [0, 0.1) is 0 Å². The summed E-state index contributed by atoms with van der Waals surface area (Å²) in [5, 5.41) is 3.46. The van der Waals surface area contributed by atoms with Gasteiger partial charge in [0.15, 0.2) is 0 Å². The maximum atomic E-state index is 3.46. The summed E-state index contributed by atoms with van der Waals surface area (Å²) in [6.45, 7) is 7.79. The number of rotatable bonds is 5. The van der Waals surface area contributed by atoms with Gasteiger partial charge in [-0.1, -0.05) is 19.1 Å². The molecule has 1 aliphatic rings. The Hall–Kier alpha value is -1.06. The predicted molar refractivity (Wildman–Crippen MR) is 87.5 cm³/mol. The molecule has 1 aromatic rings. The van der Waals surface area contributed by atoms with Gasteiger partial charge in [-0.3, -0.25) is 0 Å². The Labute approximate surface area is 124 Å². The van der Waals surface area contributed by atoms with Gasteiger partial charge in [0, 0.05) is 31.4 Å². The number of hydrogen-bond acceptors (Lipinski definition) is 3. The van der Waals surface area contributed by atoms with E-state index in [1.54, 1.807) is 0 Å². The normalized spacial score (nSPS) is 21.7. The van der Waals surface area contributed by atoms with E-state index in [4.69, 9.17) is 0 Å². The van der Waals surface area contributed by atoms with Crippen molar-refractivity contribution in [2.75, 3.05) is 38.6 Å². The Morgan fingerprint density at radius 2 is 2.05 bits per heavy atom. The van der Waals surface area contributed by atoms with Gasteiger partial charge in [-0.25, -0.2) is 0 Å². The van der Waals surface area contributed by atoms with Crippen LogP contribution in [-0.4, -0.2) is 44.7 Å². The van der Waals surface area contributed by atoms with Crippen LogP contribution < -0.4 is 10.2 Å². The Morgan fingerprint density at radius 3 is 2.65 bits per heavy atom. The van der Waals surface area contributed by atoms with Crippen LogP contribution >= 0.6 is 0 Å². The highest BCUT2D eigenvalue weighted by molar-refractivity contribution is 5.48. The molecular formula is C17H29N3. The molecule has 1 aromatic carbocycles. The third-order valence-corrected chi connectivity index (χ3v) is 4.46. The molecule has 1 aliphatic heterocycles. The standard InChI is InChI=1S/C17H29N3/c1-5-18-14(2)15-8-10-16(11-9-15)20(4)17-7-6-12-19(3)13-17/h8-11,14,17-18H,5-7,12-13H2,1-4H3. The molecule has 0 saturated carbocycles. The second-order valence-electron chi connectivity index (χ2n) is 6.04. The molecule has 0 spiro atoms. The molecule has 0 amide bonds. The molecule has 1 heterocycles. The molecule has 1 N–H and O–H groups in total. The molecular weight excluding hydrogens is 246 g/mol. The molecule has 2 atom stereocenters. The zero-order valence-electron chi connectivity index (χ0n) is 13.4. The number of anilines is 1. The van der Waals surface area contributed by atoms with E-state index in [0.29, 0.717) is 12.1 Å². The van der Waals surface area contributed by atoms with E-state index in [2.05, 4.69) is 67.3 Å². The van der Waals surface area contributed by atoms with Gasteiger partial charge >= 0.3 is 0 Å². The number of hydrogen-bond donors (Lipinski definition) is 1. The fraction of sp³-hybridized carbons (Fsp3) is 0.647. The minimum atomic E-state index is 0.431. The Kier molecular flexibility index (Phi) is 5.44. The third-order valence-electron chi connectivity index (χ3n) is 4.46. The summed E-state index contributed by atoms with van der Waals surface area (Å²) >= 11 is 0. The Morgan fingerprint density at radius 1 is 1.35 bits per heavy atom. The first-order chi connectivity index (χ1) is 9.61. The van der Waals surface area contributed by atoms with Crippen LogP contribution in [0.15, 0.2) is 24.3 Å². The van der Waals surface area contributed by atoms with E-state index < -0.39 is 0 Å². The summed E-state index contributed by atoms with van der Waals surface area (Å²) < 4.78 is 0. The topological polar surface area (TPSA) is 18.5 Å². The SMILES string of the molecule is CCNC(C)c1ccc(N(C)C2CCCN(C)C2)cc1. The van der Waals surface area contributed by atoms with Gasteiger partial charge in [0.05, 0.1) is 0 Å². The number of nitrogens with one attached hydrogen (secondary N) is 1. The molecule has 3 heteroatoms. The molecule has 0 bridgehead atoms. The molecule has 20 heavy (non-hydrogen) atoms. The van der Waals surface area contributed by atoms with Gasteiger partial charge in [0.1, 0.15) is 0 Å². The van der Waals surface area contributed by atoms with Crippen LogP contribution in [0.5, 0.6) is 0 Å². The second-order valence-corrected chi connectivity index (χ2v) is 6.04. The quantitative estimate of drug-likeness (QED) is 0.891. The lowest BCUT2D eigenvalue weighted by Crippen LogP contribution is -2.45. The van der Waals surface area contributed by atoms with Crippen molar-refractivity contribution in [3.63, 3.8) is 0 Å². The molecule has 3 nitrogen and oxygen atoms in total. The molecule has 1 fully saturated rings. The smallest absolute Gasteiger partial charge is 0.0414 e. The molecule has 2 unspecified atom stereocenters. The first-order valence-corrected chi connectivity index (χ1v) is 7.86. The zero-order chi connectivity index (χ0) is 14.5. The molecule has 0 aliphatic carbocycles. The fourth-order valence-electron chi connectivity index (χ4n) is 3.09. The summed E-state index contributed by atoms with van der Waals surface area (Å²) in [6.07, 6.45) is 2.61. The van der Waals surface area contributed by atoms with Gasteiger partial charge in [0.25, 0.3) is 0 Å². The van der Waals surface area contributed by atoms with Gasteiger partial charge in [0.2, 0.25) is 0 Å². The zero-order valence-corrected chi connectivity index (χ0v) is 13.4. The maximum Gasteiger partial charge on any atom is 0.0414 e. The summed E-state index contributed by atoms with van der Waals surface area (Å²) in [6, 6.07) is 10.1. The minimum Gasteiger partial charge on any atom is -0.370 e. The summed E-state index contributed by atoms with van der Waals surface area (Å²) in [4.78, 5) is 4.88. The average molecular weight is 275 g/mol. The van der Waals surface area contributed by atoms with Crippen molar-refractivity contribution >= 4 is 5.69 Å². The lowest BCUT2D eigenvalue weighted by molar-refractivity contribution is 0.248. The third kappa shape index (κ3) is 3.74. The van der Waals surface area contributed by atoms with Crippen molar-refractivity contribution in [2.24, 2.45) is 0 Å². The van der Waals surface area contributed by atoms with Crippen molar-refractivity contribution in [1.82, 2.24) is 10.2 Å². The van der Waals surface area contributed by atoms with Crippen LogP contribution in [0.2, 0.25) is 0 Å². The monoisotopic (exact) mass is 275 g/mol. The molecule has 0 aromatic heterocycles. The van der Waals surface area contributed by atoms with Gasteiger partial charge in [-0.05, 0) is 57.6 Å². The van der Waals surface area contributed by atoms with Gasteiger partial charge in [-0.15, -0.1) is 0 Å². The lowest BCUT2D eigenvalue weighted by atomic mass is 10.0. The summed E-state index contributed by atoms with van der Waals surface area (Å²) in [7, 11) is 4.45. The minimum absolute atomic E-state index is 0.431. The van der Waals surface area contributed by atoms with Gasteiger partial charge in [-0.2, -0.15) is 0 Å². The van der Waals surface area contributed by atoms with Crippen LogP contribution in [0.25, 0.3) is 0 Å². The number of likely N-dealkylation sites (tertiary alicyclic amines) is 1. The van der Waals surface area contributed by atoms with Crippen molar-refractivity contribution in [3.05, 3.63) is 29.8 Å². The molecule has 1 saturated heterocycles. The molecule has 0 radical (unpaired) electrons. The van der Waals surface area contributed by atoms with Crippen molar-refractivity contribution in [2.45, 2.75) is 38.8 Å². The van der Waals surface area contributed by atoms with E-state index >= 15 is 0 Å². The average Bonchev–Trinajstić information content (AvgIpc) is 2.47. The Bertz CT molecular complexity index is 401. The highest BCUT2D eigenvalue weighted by Crippen LogP contribution is 2.23. The highest BCUT2D eigenvalue weighted by atomic mass is 15.2. The fourth-order valence-corrected chi connectivity index (χ4v) is 3.09. The molecule has 112 valence electrons. The lowest BCUT2D eigenvalue weighted by Gasteiger charge is -2.37. The predicted octanol–water partition coefficient (Wildman–Crippen LogP) is 2.89. The van der Waals surface area contributed by atoms with E-state index in [-0.39, 0.29) is 0 Å². The first kappa shape index (κ1) is 15.3. The highest BCUT2D eigenvalue weighted by Gasteiger charge is 2.21. The van der Waals surface area contributed by atoms with Gasteiger partial charge < -0.3 is 15.1 Å². The molecule has 2 rings (SSSR count). The largest absolute Gasteiger partial charge is 0.370 e. The number of likely N-dealkylation sites (N-methyl/N-ethyl adjacent to an activating group) is 2. The van der Waals surface area contributed by atoms with Crippen LogP contribution in [0.1, 0.15) is 38.3 Å². The first-order valence-electron chi connectivity index (χ1n) is 7.86. The van der Waals surface area contributed by atoms with E-state index in [1.807, 2.05) is 0 Å².